The molecule has 1 saturated heterocycles. The summed E-state index contributed by atoms with van der Waals surface area (Å²) >= 11 is 0. The minimum atomic E-state index is -0.827. The number of carbonyl (C=O) groups excluding carboxylic acids is 2. The van der Waals surface area contributed by atoms with Crippen LogP contribution in [-0.4, -0.2) is 24.9 Å². The highest BCUT2D eigenvalue weighted by Gasteiger charge is 2.65. The molecule has 1 heterocycles. The van der Waals surface area contributed by atoms with Gasteiger partial charge in [0.25, 0.3) is 0 Å². The zero-order valence-corrected chi connectivity index (χ0v) is 17.0. The highest BCUT2D eigenvalue weighted by molar-refractivity contribution is 6.11. The summed E-state index contributed by atoms with van der Waals surface area (Å²) in [6.45, 7) is 6.68. The second-order valence-electron chi connectivity index (χ2n) is 10.0. The van der Waals surface area contributed by atoms with Crippen LogP contribution in [0.1, 0.15) is 69.6 Å². The lowest BCUT2D eigenvalue weighted by molar-refractivity contribution is -0.129. The Bertz CT molecular complexity index is 783. The first-order valence-electron chi connectivity index (χ1n) is 10.2. The molecule has 27 heavy (non-hydrogen) atoms. The minimum Gasteiger partial charge on any atom is -0.381 e. The standard InChI is InChI=1S/C23H31NO3/c1-21(2,3)13-15-5-6-16-14-22(9-7-17(27-4)8-10-22)23(18(16)11-15)19(25)12-20(26)24-23/h5-6,11,17H,7-10,12-14H2,1-4H3,(H,24,26). The van der Waals surface area contributed by atoms with E-state index in [0.29, 0.717) is 0 Å². The van der Waals surface area contributed by atoms with Crippen molar-refractivity contribution in [1.82, 2.24) is 5.32 Å². The van der Waals surface area contributed by atoms with Gasteiger partial charge in [-0.25, -0.2) is 0 Å². The molecule has 4 rings (SSSR count). The van der Waals surface area contributed by atoms with Crippen LogP contribution in [0.4, 0.5) is 0 Å². The number of amides is 1. The summed E-state index contributed by atoms with van der Waals surface area (Å²) in [6.07, 6.45) is 5.84. The second kappa shape index (κ2) is 6.16. The van der Waals surface area contributed by atoms with Crippen LogP contribution in [0, 0.1) is 10.8 Å². The minimum absolute atomic E-state index is 0.0123. The maximum absolute atomic E-state index is 13.3. The van der Waals surface area contributed by atoms with Crippen LogP contribution in [0.2, 0.25) is 0 Å². The van der Waals surface area contributed by atoms with Crippen LogP contribution >= 0.6 is 0 Å². The predicted octanol–water partition coefficient (Wildman–Crippen LogP) is 3.69. The molecule has 0 radical (unpaired) electrons. The summed E-state index contributed by atoms with van der Waals surface area (Å²) in [6, 6.07) is 6.62. The second-order valence-corrected chi connectivity index (χ2v) is 10.0. The molecule has 4 nitrogen and oxygen atoms in total. The maximum atomic E-state index is 13.3. The number of benzene rings is 1. The van der Waals surface area contributed by atoms with E-state index in [-0.39, 0.29) is 35.0 Å². The van der Waals surface area contributed by atoms with Crippen LogP contribution in [0.5, 0.6) is 0 Å². The normalized spacial score (nSPS) is 33.0. The summed E-state index contributed by atoms with van der Waals surface area (Å²) in [5.74, 6) is -0.0580. The molecule has 0 aromatic heterocycles. The molecule has 1 unspecified atom stereocenters. The number of Topliss-reactive ketones (excluding diaryl/α,β-unsaturated/α-hetero) is 1. The fourth-order valence-corrected chi connectivity index (χ4v) is 5.81. The van der Waals surface area contributed by atoms with Crippen molar-refractivity contribution >= 4 is 11.7 Å². The lowest BCUT2D eigenvalue weighted by Crippen LogP contribution is -2.56. The molecule has 1 amide bonds. The van der Waals surface area contributed by atoms with E-state index in [4.69, 9.17) is 4.74 Å². The van der Waals surface area contributed by atoms with Crippen LogP contribution in [-0.2, 0) is 32.7 Å². The smallest absolute Gasteiger partial charge is 0.228 e. The number of carbonyl (C=O) groups is 2. The van der Waals surface area contributed by atoms with E-state index >= 15 is 0 Å². The summed E-state index contributed by atoms with van der Waals surface area (Å²) in [5, 5.41) is 3.19. The van der Waals surface area contributed by atoms with E-state index < -0.39 is 5.54 Å². The van der Waals surface area contributed by atoms with Crippen molar-refractivity contribution in [2.75, 3.05) is 7.11 Å². The van der Waals surface area contributed by atoms with E-state index in [9.17, 15) is 9.59 Å². The largest absolute Gasteiger partial charge is 0.381 e. The number of ketones is 1. The molecule has 2 fully saturated rings. The van der Waals surface area contributed by atoms with E-state index in [0.717, 1.165) is 44.1 Å². The number of rotatable bonds is 2. The molecule has 0 bridgehead atoms. The summed E-state index contributed by atoms with van der Waals surface area (Å²) in [4.78, 5) is 25.6. The first-order valence-corrected chi connectivity index (χ1v) is 10.2. The Kier molecular flexibility index (Phi) is 4.26. The molecule has 1 atom stereocenters. The number of nitrogens with one attached hydrogen (secondary N) is 1. The molecule has 4 heteroatoms. The molecule has 1 saturated carbocycles. The molecule has 1 aromatic rings. The van der Waals surface area contributed by atoms with Crippen LogP contribution in [0.25, 0.3) is 0 Å². The van der Waals surface area contributed by atoms with E-state index in [1.807, 2.05) is 0 Å². The van der Waals surface area contributed by atoms with Crippen molar-refractivity contribution in [3.8, 4) is 0 Å². The van der Waals surface area contributed by atoms with Gasteiger partial charge in [-0.05, 0) is 60.6 Å². The molecule has 146 valence electrons. The topological polar surface area (TPSA) is 55.4 Å². The van der Waals surface area contributed by atoms with Gasteiger partial charge >= 0.3 is 0 Å². The van der Waals surface area contributed by atoms with Gasteiger partial charge in [0.15, 0.2) is 5.78 Å². The van der Waals surface area contributed by atoms with Gasteiger partial charge in [0.2, 0.25) is 5.91 Å². The van der Waals surface area contributed by atoms with Gasteiger partial charge in [-0.1, -0.05) is 39.0 Å². The Balaban J connectivity index is 1.80. The van der Waals surface area contributed by atoms with Gasteiger partial charge in [0, 0.05) is 12.5 Å². The van der Waals surface area contributed by atoms with Gasteiger partial charge in [0.1, 0.15) is 5.54 Å². The Labute approximate surface area is 162 Å². The van der Waals surface area contributed by atoms with Crippen molar-refractivity contribution in [1.29, 1.82) is 0 Å². The molecular formula is C23H31NO3. The van der Waals surface area contributed by atoms with Gasteiger partial charge in [-0.15, -0.1) is 0 Å². The quantitative estimate of drug-likeness (QED) is 0.809. The Morgan fingerprint density at radius 2 is 1.89 bits per heavy atom. The highest BCUT2D eigenvalue weighted by atomic mass is 16.5. The van der Waals surface area contributed by atoms with Gasteiger partial charge < -0.3 is 10.1 Å². The van der Waals surface area contributed by atoms with Crippen LogP contribution in [0.15, 0.2) is 18.2 Å². The first-order chi connectivity index (χ1) is 12.7. The zero-order chi connectivity index (χ0) is 19.4. The third kappa shape index (κ3) is 2.84. The highest BCUT2D eigenvalue weighted by Crippen LogP contribution is 2.60. The summed E-state index contributed by atoms with van der Waals surface area (Å²) < 4.78 is 5.57. The third-order valence-corrected chi connectivity index (χ3v) is 6.93. The van der Waals surface area contributed by atoms with Crippen LogP contribution in [0.3, 0.4) is 0 Å². The third-order valence-electron chi connectivity index (χ3n) is 6.93. The predicted molar refractivity (Wildman–Crippen MR) is 104 cm³/mol. The average molecular weight is 370 g/mol. The number of ether oxygens (including phenoxy) is 1. The zero-order valence-electron chi connectivity index (χ0n) is 17.0. The Morgan fingerprint density at radius 1 is 1.19 bits per heavy atom. The Hall–Kier alpha value is -1.68. The molecular weight excluding hydrogens is 338 g/mol. The molecule has 2 spiro atoms. The van der Waals surface area contributed by atoms with Crippen LogP contribution < -0.4 is 5.32 Å². The average Bonchev–Trinajstić information content (AvgIpc) is 3.03. The van der Waals surface area contributed by atoms with Gasteiger partial charge in [-0.3, -0.25) is 9.59 Å². The molecule has 1 aromatic carbocycles. The first kappa shape index (κ1) is 18.7. The molecule has 3 aliphatic rings. The number of methoxy groups -OCH3 is 1. The molecule has 2 aliphatic carbocycles. The maximum Gasteiger partial charge on any atom is 0.228 e. The van der Waals surface area contributed by atoms with E-state index in [1.165, 1.54) is 11.1 Å². The lowest BCUT2D eigenvalue weighted by atomic mass is 9.60. The van der Waals surface area contributed by atoms with Crippen molar-refractivity contribution in [3.63, 3.8) is 0 Å². The van der Waals surface area contributed by atoms with Crippen molar-refractivity contribution in [2.45, 2.75) is 77.4 Å². The number of fused-ring (bicyclic) bond motifs is 3. The summed E-state index contributed by atoms with van der Waals surface area (Å²) in [5.41, 5.74) is 2.70. The van der Waals surface area contributed by atoms with Gasteiger partial charge in [-0.2, -0.15) is 0 Å². The van der Waals surface area contributed by atoms with Crippen molar-refractivity contribution in [3.05, 3.63) is 34.9 Å². The van der Waals surface area contributed by atoms with Crippen molar-refractivity contribution in [2.24, 2.45) is 10.8 Å². The SMILES string of the molecule is COC1CCC2(CC1)Cc1ccc(CC(C)(C)C)cc1C21NC(=O)CC1=O. The van der Waals surface area contributed by atoms with Gasteiger partial charge in [0.05, 0.1) is 12.5 Å². The molecule has 1 N–H and O–H groups in total. The monoisotopic (exact) mass is 369 g/mol. The number of hydrogen-bond acceptors (Lipinski definition) is 3. The van der Waals surface area contributed by atoms with Crippen molar-refractivity contribution < 1.29 is 14.3 Å². The fraction of sp³-hybridized carbons (Fsp3) is 0.652. The Morgan fingerprint density at radius 3 is 2.44 bits per heavy atom. The summed E-state index contributed by atoms with van der Waals surface area (Å²) in [7, 11) is 1.77. The number of hydrogen-bond donors (Lipinski definition) is 1. The van der Waals surface area contributed by atoms with E-state index in [1.54, 1.807) is 7.11 Å². The fourth-order valence-electron chi connectivity index (χ4n) is 5.81. The molecule has 1 aliphatic heterocycles. The van der Waals surface area contributed by atoms with E-state index in [2.05, 4.69) is 44.3 Å². The lowest BCUT2D eigenvalue weighted by Gasteiger charge is -2.47.